The maximum atomic E-state index is 6.22. The quantitative estimate of drug-likeness (QED) is 0.722. The van der Waals surface area contributed by atoms with Crippen molar-refractivity contribution in [2.45, 2.75) is 44.8 Å². The van der Waals surface area contributed by atoms with Crippen molar-refractivity contribution in [1.82, 2.24) is 0 Å². The number of benzene rings is 1. The van der Waals surface area contributed by atoms with Gasteiger partial charge in [-0.05, 0) is 45.2 Å². The van der Waals surface area contributed by atoms with Gasteiger partial charge in [0, 0.05) is 25.8 Å². The summed E-state index contributed by atoms with van der Waals surface area (Å²) in [5, 5.41) is 0. The van der Waals surface area contributed by atoms with Crippen molar-refractivity contribution in [3.63, 3.8) is 0 Å². The van der Waals surface area contributed by atoms with Gasteiger partial charge in [-0.25, -0.2) is 0 Å². The van der Waals surface area contributed by atoms with Crippen molar-refractivity contribution < 1.29 is 23.7 Å². The maximum absolute atomic E-state index is 6.22. The lowest BCUT2D eigenvalue weighted by Gasteiger charge is -2.38. The van der Waals surface area contributed by atoms with Crippen LogP contribution in [-0.2, 0) is 19.8 Å². The lowest BCUT2D eigenvalue weighted by Crippen LogP contribution is -2.35. The van der Waals surface area contributed by atoms with Gasteiger partial charge in [0.05, 0.1) is 11.7 Å². The van der Waals surface area contributed by atoms with Crippen molar-refractivity contribution >= 4 is 0 Å². The van der Waals surface area contributed by atoms with Gasteiger partial charge in [0.25, 0.3) is 0 Å². The molecule has 0 N–H and O–H groups in total. The minimum atomic E-state index is -0.347. The summed E-state index contributed by atoms with van der Waals surface area (Å²) in [5.74, 6) is 1.43. The average Bonchev–Trinajstić information content (AvgIpc) is 2.50. The minimum Gasteiger partial charge on any atom is -0.467 e. The monoisotopic (exact) mass is 310 g/mol. The molecule has 1 aromatic carbocycles. The molecule has 0 radical (unpaired) electrons. The van der Waals surface area contributed by atoms with Crippen LogP contribution in [0.1, 0.15) is 38.7 Å². The first-order chi connectivity index (χ1) is 10.6. The van der Waals surface area contributed by atoms with Crippen LogP contribution in [0.4, 0.5) is 0 Å². The van der Waals surface area contributed by atoms with E-state index in [4.69, 9.17) is 23.7 Å². The SMILES string of the molecule is COCOc1ccc(C2(C)CCCC(C)O2)c(OCOC)c1. The van der Waals surface area contributed by atoms with Gasteiger partial charge in [-0.2, -0.15) is 0 Å². The van der Waals surface area contributed by atoms with E-state index in [2.05, 4.69) is 13.8 Å². The highest BCUT2D eigenvalue weighted by atomic mass is 16.7. The second kappa shape index (κ2) is 7.81. The van der Waals surface area contributed by atoms with E-state index in [1.54, 1.807) is 14.2 Å². The Kier molecular flexibility index (Phi) is 6.06. The Morgan fingerprint density at radius 2 is 1.91 bits per heavy atom. The van der Waals surface area contributed by atoms with Gasteiger partial charge in [-0.15, -0.1) is 0 Å². The van der Waals surface area contributed by atoms with E-state index in [-0.39, 0.29) is 25.3 Å². The molecule has 1 aliphatic rings. The topological polar surface area (TPSA) is 46.2 Å². The molecule has 1 saturated heterocycles. The molecule has 1 heterocycles. The van der Waals surface area contributed by atoms with E-state index in [1.807, 2.05) is 18.2 Å². The van der Waals surface area contributed by atoms with Crippen molar-refractivity contribution in [1.29, 1.82) is 0 Å². The van der Waals surface area contributed by atoms with E-state index in [0.717, 1.165) is 30.6 Å². The summed E-state index contributed by atoms with van der Waals surface area (Å²) in [6.45, 7) is 4.62. The predicted octanol–water partition coefficient (Wildman–Crippen LogP) is 3.46. The maximum Gasteiger partial charge on any atom is 0.188 e. The van der Waals surface area contributed by atoms with Crippen molar-refractivity contribution in [3.05, 3.63) is 23.8 Å². The summed E-state index contributed by atoms with van der Waals surface area (Å²) in [6.07, 6.45) is 3.46. The van der Waals surface area contributed by atoms with Gasteiger partial charge in [0.1, 0.15) is 11.5 Å². The zero-order chi connectivity index (χ0) is 16.0. The minimum absolute atomic E-state index is 0.187. The van der Waals surface area contributed by atoms with Gasteiger partial charge < -0.3 is 23.7 Å². The Labute approximate surface area is 132 Å². The normalized spacial score (nSPS) is 25.0. The molecule has 124 valence electrons. The first kappa shape index (κ1) is 17.1. The second-order valence-corrected chi connectivity index (χ2v) is 5.81. The van der Waals surface area contributed by atoms with Crippen LogP contribution in [0.25, 0.3) is 0 Å². The third-order valence-corrected chi connectivity index (χ3v) is 3.92. The predicted molar refractivity (Wildman–Crippen MR) is 83.2 cm³/mol. The molecule has 0 aromatic heterocycles. The average molecular weight is 310 g/mol. The fraction of sp³-hybridized carbons (Fsp3) is 0.647. The summed E-state index contributed by atoms with van der Waals surface area (Å²) in [4.78, 5) is 0. The number of hydrogen-bond acceptors (Lipinski definition) is 5. The summed E-state index contributed by atoms with van der Waals surface area (Å²) in [5.41, 5.74) is 0.682. The first-order valence-electron chi connectivity index (χ1n) is 7.65. The number of ether oxygens (including phenoxy) is 5. The molecule has 22 heavy (non-hydrogen) atoms. The molecule has 0 spiro atoms. The lowest BCUT2D eigenvalue weighted by molar-refractivity contribution is -0.117. The van der Waals surface area contributed by atoms with E-state index >= 15 is 0 Å². The Balaban J connectivity index is 2.27. The fourth-order valence-corrected chi connectivity index (χ4v) is 2.89. The zero-order valence-corrected chi connectivity index (χ0v) is 13.9. The highest BCUT2D eigenvalue weighted by Crippen LogP contribution is 2.42. The molecule has 2 unspecified atom stereocenters. The Morgan fingerprint density at radius 1 is 1.18 bits per heavy atom. The van der Waals surface area contributed by atoms with Gasteiger partial charge >= 0.3 is 0 Å². The van der Waals surface area contributed by atoms with E-state index < -0.39 is 0 Å². The molecule has 0 aliphatic carbocycles. The highest BCUT2D eigenvalue weighted by Gasteiger charge is 2.35. The number of rotatable bonds is 7. The molecule has 2 atom stereocenters. The van der Waals surface area contributed by atoms with Crippen LogP contribution >= 0.6 is 0 Å². The molecular formula is C17H26O5. The van der Waals surface area contributed by atoms with Crippen LogP contribution in [0, 0.1) is 0 Å². The van der Waals surface area contributed by atoms with Crippen molar-refractivity contribution in [3.8, 4) is 11.5 Å². The third-order valence-electron chi connectivity index (χ3n) is 3.92. The van der Waals surface area contributed by atoms with Crippen LogP contribution in [0.15, 0.2) is 18.2 Å². The number of hydrogen-bond donors (Lipinski definition) is 0. The standard InChI is InChI=1S/C17H26O5/c1-13-6-5-9-17(2,22-13)15-8-7-14(20-11-18-3)10-16(15)21-12-19-4/h7-8,10,13H,5-6,9,11-12H2,1-4H3. The third kappa shape index (κ3) is 4.12. The summed E-state index contributed by atoms with van der Waals surface area (Å²) < 4.78 is 27.4. The van der Waals surface area contributed by atoms with Crippen molar-refractivity contribution in [2.24, 2.45) is 0 Å². The Hall–Kier alpha value is -1.30. The van der Waals surface area contributed by atoms with Gasteiger partial charge in [0.15, 0.2) is 13.6 Å². The van der Waals surface area contributed by atoms with Crippen LogP contribution in [0.3, 0.4) is 0 Å². The molecule has 0 bridgehead atoms. The zero-order valence-electron chi connectivity index (χ0n) is 13.9. The smallest absolute Gasteiger partial charge is 0.188 e. The number of methoxy groups -OCH3 is 2. The first-order valence-corrected chi connectivity index (χ1v) is 7.65. The fourth-order valence-electron chi connectivity index (χ4n) is 2.89. The van der Waals surface area contributed by atoms with Crippen molar-refractivity contribution in [2.75, 3.05) is 27.8 Å². The van der Waals surface area contributed by atoms with Gasteiger partial charge in [0.2, 0.25) is 0 Å². The lowest BCUT2D eigenvalue weighted by atomic mass is 9.86. The molecule has 0 amide bonds. The molecule has 5 heteroatoms. The highest BCUT2D eigenvalue weighted by molar-refractivity contribution is 5.44. The molecule has 1 fully saturated rings. The second-order valence-electron chi connectivity index (χ2n) is 5.81. The summed E-state index contributed by atoms with van der Waals surface area (Å²) in [7, 11) is 3.20. The van der Waals surface area contributed by atoms with Crippen LogP contribution in [0.5, 0.6) is 11.5 Å². The van der Waals surface area contributed by atoms with Crippen LogP contribution in [-0.4, -0.2) is 33.9 Å². The summed E-state index contributed by atoms with van der Waals surface area (Å²) >= 11 is 0. The van der Waals surface area contributed by atoms with Gasteiger partial charge in [-0.3, -0.25) is 0 Å². The Morgan fingerprint density at radius 3 is 2.59 bits per heavy atom. The van der Waals surface area contributed by atoms with Gasteiger partial charge in [-0.1, -0.05) is 0 Å². The Bertz CT molecular complexity index is 476. The molecular weight excluding hydrogens is 284 g/mol. The van der Waals surface area contributed by atoms with Crippen LogP contribution < -0.4 is 9.47 Å². The van der Waals surface area contributed by atoms with E-state index in [9.17, 15) is 0 Å². The molecule has 1 aromatic rings. The summed E-state index contributed by atoms with van der Waals surface area (Å²) in [6, 6.07) is 5.79. The molecule has 2 rings (SSSR count). The largest absolute Gasteiger partial charge is 0.467 e. The molecule has 1 aliphatic heterocycles. The van der Waals surface area contributed by atoms with E-state index in [0.29, 0.717) is 5.75 Å². The molecule has 5 nitrogen and oxygen atoms in total. The van der Waals surface area contributed by atoms with Crippen LogP contribution in [0.2, 0.25) is 0 Å². The molecule has 0 saturated carbocycles. The van der Waals surface area contributed by atoms with E-state index in [1.165, 1.54) is 0 Å².